The Morgan fingerprint density at radius 2 is 1.95 bits per heavy atom. The van der Waals surface area contributed by atoms with Crippen LogP contribution >= 0.6 is 31.9 Å². The third kappa shape index (κ3) is 3.51. The second kappa shape index (κ2) is 6.53. The van der Waals surface area contributed by atoms with Crippen LogP contribution in [-0.2, 0) is 0 Å². The Morgan fingerprint density at radius 1 is 1.19 bits per heavy atom. The number of anilines is 1. The van der Waals surface area contributed by atoms with Gasteiger partial charge in [0, 0.05) is 21.2 Å². The lowest BCUT2D eigenvalue weighted by Gasteiger charge is -2.23. The molecule has 0 bridgehead atoms. The largest absolute Gasteiger partial charge is 0.353 e. The third-order valence-corrected chi connectivity index (χ3v) is 5.10. The first-order chi connectivity index (χ1) is 10.1. The van der Waals surface area contributed by atoms with Crippen molar-refractivity contribution in [3.63, 3.8) is 0 Å². The van der Waals surface area contributed by atoms with E-state index in [0.717, 1.165) is 26.3 Å². The van der Waals surface area contributed by atoms with E-state index in [1.54, 1.807) is 0 Å². The Kier molecular flexibility index (Phi) is 4.69. The van der Waals surface area contributed by atoms with E-state index >= 15 is 0 Å². The molecule has 3 rings (SSSR count). The molecule has 1 aromatic heterocycles. The maximum absolute atomic E-state index is 4.67. The van der Waals surface area contributed by atoms with Crippen LogP contribution in [0, 0.1) is 6.92 Å². The lowest BCUT2D eigenvalue weighted by molar-refractivity contribution is 0.460. The summed E-state index contributed by atoms with van der Waals surface area (Å²) in [5, 5.41) is 3.63. The normalized spacial score (nSPS) is 16.1. The predicted octanol–water partition coefficient (Wildman–Crippen LogP) is 5.45. The van der Waals surface area contributed by atoms with Crippen molar-refractivity contribution in [3.8, 4) is 5.69 Å². The molecule has 0 radical (unpaired) electrons. The highest BCUT2D eigenvalue weighted by atomic mass is 79.9. The molecular formula is C16H19Br2N3. The number of aromatic nitrogens is 2. The average Bonchev–Trinajstić information content (AvgIpc) is 2.83. The molecule has 1 aromatic carbocycles. The predicted molar refractivity (Wildman–Crippen MR) is 94.2 cm³/mol. The van der Waals surface area contributed by atoms with Crippen LogP contribution in [0.4, 0.5) is 5.95 Å². The van der Waals surface area contributed by atoms with E-state index in [-0.39, 0.29) is 0 Å². The van der Waals surface area contributed by atoms with Crippen LogP contribution in [0.1, 0.15) is 37.8 Å². The van der Waals surface area contributed by atoms with Gasteiger partial charge in [-0.05, 0) is 53.9 Å². The highest BCUT2D eigenvalue weighted by molar-refractivity contribution is 9.11. The zero-order valence-corrected chi connectivity index (χ0v) is 15.2. The number of aryl methyl sites for hydroxylation is 1. The number of benzene rings is 1. The summed E-state index contributed by atoms with van der Waals surface area (Å²) in [5.41, 5.74) is 2.13. The van der Waals surface area contributed by atoms with Crippen molar-refractivity contribution in [1.82, 2.24) is 9.55 Å². The van der Waals surface area contributed by atoms with Crippen molar-refractivity contribution in [2.75, 3.05) is 5.32 Å². The van der Waals surface area contributed by atoms with Crippen molar-refractivity contribution in [1.29, 1.82) is 0 Å². The third-order valence-electron chi connectivity index (χ3n) is 3.93. The van der Waals surface area contributed by atoms with E-state index < -0.39 is 0 Å². The highest BCUT2D eigenvalue weighted by Crippen LogP contribution is 2.29. The molecule has 0 unspecified atom stereocenters. The fourth-order valence-corrected chi connectivity index (χ4v) is 3.67. The second-order valence-electron chi connectivity index (χ2n) is 5.65. The van der Waals surface area contributed by atoms with Crippen LogP contribution in [0.5, 0.6) is 0 Å². The first kappa shape index (κ1) is 15.1. The summed E-state index contributed by atoms with van der Waals surface area (Å²) in [6.07, 6.45) is 8.56. The minimum atomic E-state index is 0.547. The van der Waals surface area contributed by atoms with E-state index in [9.17, 15) is 0 Å². The zero-order chi connectivity index (χ0) is 14.8. The number of halogens is 2. The molecule has 0 amide bonds. The summed E-state index contributed by atoms with van der Waals surface area (Å²) in [4.78, 5) is 4.67. The van der Waals surface area contributed by atoms with Crippen LogP contribution < -0.4 is 5.32 Å². The first-order valence-electron chi connectivity index (χ1n) is 7.41. The molecule has 1 N–H and O–H groups in total. The van der Waals surface area contributed by atoms with E-state index in [1.165, 1.54) is 32.1 Å². The van der Waals surface area contributed by atoms with Gasteiger partial charge in [-0.1, -0.05) is 35.2 Å². The highest BCUT2D eigenvalue weighted by Gasteiger charge is 2.17. The Bertz CT molecular complexity index is 630. The Hall–Kier alpha value is -0.810. The van der Waals surface area contributed by atoms with Crippen LogP contribution in [-0.4, -0.2) is 15.6 Å². The molecule has 1 fully saturated rings. The maximum Gasteiger partial charge on any atom is 0.207 e. The van der Waals surface area contributed by atoms with Crippen LogP contribution in [0.25, 0.3) is 5.69 Å². The molecule has 0 spiro atoms. The number of hydrogen-bond donors (Lipinski definition) is 1. The molecule has 0 saturated heterocycles. The minimum Gasteiger partial charge on any atom is -0.353 e. The lowest BCUT2D eigenvalue weighted by Crippen LogP contribution is -2.24. The van der Waals surface area contributed by atoms with Gasteiger partial charge in [0.1, 0.15) is 0 Å². The van der Waals surface area contributed by atoms with Gasteiger partial charge in [0.25, 0.3) is 0 Å². The van der Waals surface area contributed by atoms with E-state index in [4.69, 9.17) is 0 Å². The van der Waals surface area contributed by atoms with Crippen LogP contribution in [0.2, 0.25) is 0 Å². The molecule has 21 heavy (non-hydrogen) atoms. The quantitative estimate of drug-likeness (QED) is 0.726. The maximum atomic E-state index is 4.67. The number of imidazole rings is 1. The Balaban J connectivity index is 1.93. The zero-order valence-electron chi connectivity index (χ0n) is 12.1. The summed E-state index contributed by atoms with van der Waals surface area (Å²) in [5.74, 6) is 0.943. The fraction of sp³-hybridized carbons (Fsp3) is 0.438. The summed E-state index contributed by atoms with van der Waals surface area (Å²) in [7, 11) is 0. The fourth-order valence-electron chi connectivity index (χ4n) is 2.88. The van der Waals surface area contributed by atoms with Crippen LogP contribution in [0.3, 0.4) is 0 Å². The van der Waals surface area contributed by atoms with Crippen molar-refractivity contribution < 1.29 is 0 Å². The van der Waals surface area contributed by atoms with Gasteiger partial charge in [-0.2, -0.15) is 0 Å². The summed E-state index contributed by atoms with van der Waals surface area (Å²) in [6, 6.07) is 6.74. The minimum absolute atomic E-state index is 0.547. The van der Waals surface area contributed by atoms with Crippen molar-refractivity contribution >= 4 is 37.8 Å². The van der Waals surface area contributed by atoms with Gasteiger partial charge >= 0.3 is 0 Å². The molecule has 3 nitrogen and oxygen atoms in total. The number of nitrogens with zero attached hydrogens (tertiary/aromatic N) is 2. The van der Waals surface area contributed by atoms with Crippen LogP contribution in [0.15, 0.2) is 33.3 Å². The molecule has 0 aliphatic heterocycles. The lowest BCUT2D eigenvalue weighted by atomic mass is 9.96. The molecule has 1 saturated carbocycles. The smallest absolute Gasteiger partial charge is 0.207 e. The molecule has 2 aromatic rings. The Morgan fingerprint density at radius 3 is 2.71 bits per heavy atom. The SMILES string of the molecule is Cc1cn(-c2cc(Br)ccc2Br)c(NC2CCCCC2)n1. The van der Waals surface area contributed by atoms with E-state index in [2.05, 4.69) is 65.1 Å². The summed E-state index contributed by atoms with van der Waals surface area (Å²) < 4.78 is 4.27. The van der Waals surface area contributed by atoms with Gasteiger partial charge in [-0.15, -0.1) is 0 Å². The summed E-state index contributed by atoms with van der Waals surface area (Å²) in [6.45, 7) is 2.04. The monoisotopic (exact) mass is 411 g/mol. The second-order valence-corrected chi connectivity index (χ2v) is 7.42. The number of hydrogen-bond acceptors (Lipinski definition) is 2. The average molecular weight is 413 g/mol. The van der Waals surface area contributed by atoms with Crippen molar-refractivity contribution in [2.24, 2.45) is 0 Å². The van der Waals surface area contributed by atoms with Gasteiger partial charge < -0.3 is 5.32 Å². The number of nitrogens with one attached hydrogen (secondary N) is 1. The van der Waals surface area contributed by atoms with Crippen molar-refractivity contribution in [2.45, 2.75) is 45.1 Å². The van der Waals surface area contributed by atoms with E-state index in [0.29, 0.717) is 6.04 Å². The molecule has 1 heterocycles. The standard InChI is InChI=1S/C16H19Br2N3/c1-11-10-21(15-9-12(17)7-8-14(15)18)16(19-11)20-13-5-3-2-4-6-13/h7-10,13H,2-6H2,1H3,(H,19,20). The molecule has 0 atom stereocenters. The molecular weight excluding hydrogens is 394 g/mol. The molecule has 1 aliphatic rings. The molecule has 112 valence electrons. The summed E-state index contributed by atoms with van der Waals surface area (Å²) >= 11 is 7.19. The van der Waals surface area contributed by atoms with Gasteiger partial charge in [-0.3, -0.25) is 4.57 Å². The Labute approximate surface area is 142 Å². The van der Waals surface area contributed by atoms with E-state index in [1.807, 2.05) is 13.0 Å². The van der Waals surface area contributed by atoms with Gasteiger partial charge in [0.2, 0.25) is 5.95 Å². The van der Waals surface area contributed by atoms with Gasteiger partial charge in [-0.25, -0.2) is 4.98 Å². The molecule has 1 aliphatic carbocycles. The van der Waals surface area contributed by atoms with Gasteiger partial charge in [0.15, 0.2) is 0 Å². The van der Waals surface area contributed by atoms with Gasteiger partial charge in [0.05, 0.1) is 11.4 Å². The van der Waals surface area contributed by atoms with Crippen molar-refractivity contribution in [3.05, 3.63) is 39.0 Å². The molecule has 5 heteroatoms. The topological polar surface area (TPSA) is 29.9 Å². The first-order valence-corrected chi connectivity index (χ1v) is 9.00. The number of rotatable bonds is 3.